The van der Waals surface area contributed by atoms with E-state index in [1.165, 1.54) is 0 Å². The molecule has 2 unspecified atom stereocenters. The van der Waals surface area contributed by atoms with Gasteiger partial charge in [0.15, 0.2) is 5.78 Å². The van der Waals surface area contributed by atoms with Crippen LogP contribution in [0.2, 0.25) is 0 Å². The SMILES string of the molecule is CCOC(=O)C1CCCN(C(C)C(=O)c2c[nH]c3ccccc23)C1. The summed E-state index contributed by atoms with van der Waals surface area (Å²) in [7, 11) is 0. The molecule has 1 fully saturated rings. The maximum atomic E-state index is 12.9. The number of esters is 1. The summed E-state index contributed by atoms with van der Waals surface area (Å²) in [5.41, 5.74) is 1.69. The first-order valence-corrected chi connectivity index (χ1v) is 8.62. The highest BCUT2D eigenvalue weighted by Gasteiger charge is 2.32. The highest BCUT2D eigenvalue weighted by molar-refractivity contribution is 6.10. The second-order valence-electron chi connectivity index (χ2n) is 6.37. The zero-order chi connectivity index (χ0) is 17.1. The van der Waals surface area contributed by atoms with Gasteiger partial charge in [-0.3, -0.25) is 14.5 Å². The molecule has 5 heteroatoms. The number of nitrogens with zero attached hydrogens (tertiary/aromatic N) is 1. The Labute approximate surface area is 142 Å². The van der Waals surface area contributed by atoms with Gasteiger partial charge in [0.2, 0.25) is 0 Å². The van der Waals surface area contributed by atoms with Gasteiger partial charge in [-0.05, 0) is 39.3 Å². The van der Waals surface area contributed by atoms with Gasteiger partial charge in [-0.25, -0.2) is 0 Å². The van der Waals surface area contributed by atoms with E-state index in [1.54, 1.807) is 6.20 Å². The Morgan fingerprint density at radius 3 is 2.96 bits per heavy atom. The Hall–Kier alpha value is -2.14. The fourth-order valence-corrected chi connectivity index (χ4v) is 3.48. The molecule has 5 nitrogen and oxygen atoms in total. The van der Waals surface area contributed by atoms with Crippen molar-refractivity contribution < 1.29 is 14.3 Å². The molecule has 1 aromatic heterocycles. The highest BCUT2D eigenvalue weighted by atomic mass is 16.5. The number of rotatable bonds is 5. The third-order valence-corrected chi connectivity index (χ3v) is 4.85. The first kappa shape index (κ1) is 16.7. The number of carbonyl (C=O) groups excluding carboxylic acids is 2. The number of likely N-dealkylation sites (tertiary alicyclic amines) is 1. The normalized spacial score (nSPS) is 20.0. The second-order valence-corrected chi connectivity index (χ2v) is 6.37. The van der Waals surface area contributed by atoms with E-state index in [9.17, 15) is 9.59 Å². The molecule has 2 aromatic rings. The van der Waals surface area contributed by atoms with Crippen molar-refractivity contribution in [1.82, 2.24) is 9.88 Å². The van der Waals surface area contributed by atoms with Crippen LogP contribution < -0.4 is 0 Å². The Morgan fingerprint density at radius 2 is 2.17 bits per heavy atom. The van der Waals surface area contributed by atoms with Crippen LogP contribution >= 0.6 is 0 Å². The molecule has 2 heterocycles. The van der Waals surface area contributed by atoms with Gasteiger partial charge in [0, 0.05) is 29.2 Å². The number of aromatic nitrogens is 1. The lowest BCUT2D eigenvalue weighted by molar-refractivity contribution is -0.150. The van der Waals surface area contributed by atoms with E-state index in [0.717, 1.165) is 35.9 Å². The smallest absolute Gasteiger partial charge is 0.310 e. The molecular formula is C19H24N2O3. The predicted molar refractivity (Wildman–Crippen MR) is 93.0 cm³/mol. The van der Waals surface area contributed by atoms with Gasteiger partial charge < -0.3 is 9.72 Å². The average Bonchev–Trinajstić information content (AvgIpc) is 3.05. The number of para-hydroxylation sites is 1. The summed E-state index contributed by atoms with van der Waals surface area (Å²) < 4.78 is 5.14. The van der Waals surface area contributed by atoms with Crippen molar-refractivity contribution >= 4 is 22.7 Å². The number of piperidine rings is 1. The molecule has 0 radical (unpaired) electrons. The maximum absolute atomic E-state index is 12.9. The van der Waals surface area contributed by atoms with Gasteiger partial charge >= 0.3 is 5.97 Å². The first-order chi connectivity index (χ1) is 11.6. The molecule has 1 N–H and O–H groups in total. The minimum absolute atomic E-state index is 0.0944. The highest BCUT2D eigenvalue weighted by Crippen LogP contribution is 2.24. The number of hydrogen-bond acceptors (Lipinski definition) is 4. The van der Waals surface area contributed by atoms with E-state index in [2.05, 4.69) is 9.88 Å². The van der Waals surface area contributed by atoms with Crippen molar-refractivity contribution in [1.29, 1.82) is 0 Å². The van der Waals surface area contributed by atoms with E-state index >= 15 is 0 Å². The van der Waals surface area contributed by atoms with Crippen molar-refractivity contribution in [3.8, 4) is 0 Å². The number of aromatic amines is 1. The Kier molecular flexibility index (Phi) is 5.00. The van der Waals surface area contributed by atoms with Crippen LogP contribution in [-0.2, 0) is 9.53 Å². The first-order valence-electron chi connectivity index (χ1n) is 8.62. The molecule has 1 aliphatic heterocycles. The fraction of sp³-hybridized carbons (Fsp3) is 0.474. The van der Waals surface area contributed by atoms with Crippen LogP contribution in [0.3, 0.4) is 0 Å². The zero-order valence-corrected chi connectivity index (χ0v) is 14.2. The molecule has 0 bridgehead atoms. The third kappa shape index (κ3) is 3.22. The Morgan fingerprint density at radius 1 is 1.38 bits per heavy atom. The van der Waals surface area contributed by atoms with E-state index < -0.39 is 0 Å². The number of H-pyrrole nitrogens is 1. The van der Waals surface area contributed by atoms with Gasteiger partial charge in [-0.1, -0.05) is 18.2 Å². The molecular weight excluding hydrogens is 304 g/mol. The Balaban J connectivity index is 1.74. The maximum Gasteiger partial charge on any atom is 0.310 e. The molecule has 1 saturated heterocycles. The fourth-order valence-electron chi connectivity index (χ4n) is 3.48. The number of benzene rings is 1. The van der Waals surface area contributed by atoms with Crippen molar-refractivity contribution in [2.24, 2.45) is 5.92 Å². The van der Waals surface area contributed by atoms with E-state index in [-0.39, 0.29) is 23.7 Å². The van der Waals surface area contributed by atoms with Crippen molar-refractivity contribution in [2.75, 3.05) is 19.7 Å². The molecule has 0 aliphatic carbocycles. The van der Waals surface area contributed by atoms with Gasteiger partial charge in [-0.15, -0.1) is 0 Å². The number of hydrogen-bond donors (Lipinski definition) is 1. The minimum atomic E-state index is -0.249. The summed E-state index contributed by atoms with van der Waals surface area (Å²) in [6, 6.07) is 7.57. The molecule has 0 saturated carbocycles. The van der Waals surface area contributed by atoms with Crippen LogP contribution in [0.25, 0.3) is 10.9 Å². The lowest BCUT2D eigenvalue weighted by atomic mass is 9.95. The number of ether oxygens (including phenoxy) is 1. The van der Waals surface area contributed by atoms with Gasteiger partial charge in [-0.2, -0.15) is 0 Å². The van der Waals surface area contributed by atoms with Crippen molar-refractivity contribution in [3.63, 3.8) is 0 Å². The summed E-state index contributed by atoms with van der Waals surface area (Å²) >= 11 is 0. The monoisotopic (exact) mass is 328 g/mol. The van der Waals surface area contributed by atoms with Crippen molar-refractivity contribution in [3.05, 3.63) is 36.0 Å². The van der Waals surface area contributed by atoms with Crippen LogP contribution in [0.5, 0.6) is 0 Å². The topological polar surface area (TPSA) is 62.4 Å². The van der Waals surface area contributed by atoms with Gasteiger partial charge in [0.1, 0.15) is 0 Å². The lowest BCUT2D eigenvalue weighted by Gasteiger charge is -2.35. The van der Waals surface area contributed by atoms with E-state index in [0.29, 0.717) is 13.2 Å². The van der Waals surface area contributed by atoms with Crippen LogP contribution in [-0.4, -0.2) is 47.4 Å². The number of carbonyl (C=O) groups is 2. The molecule has 0 amide bonds. The molecule has 0 spiro atoms. The average molecular weight is 328 g/mol. The Bertz CT molecular complexity index is 737. The quantitative estimate of drug-likeness (QED) is 0.677. The van der Waals surface area contributed by atoms with Crippen LogP contribution in [0, 0.1) is 5.92 Å². The molecule has 1 aliphatic rings. The molecule has 2 atom stereocenters. The molecule has 24 heavy (non-hydrogen) atoms. The largest absolute Gasteiger partial charge is 0.466 e. The third-order valence-electron chi connectivity index (χ3n) is 4.85. The van der Waals surface area contributed by atoms with E-state index in [1.807, 2.05) is 38.1 Å². The number of fused-ring (bicyclic) bond motifs is 1. The van der Waals surface area contributed by atoms with Gasteiger partial charge in [0.25, 0.3) is 0 Å². The lowest BCUT2D eigenvalue weighted by Crippen LogP contribution is -2.47. The summed E-state index contributed by atoms with van der Waals surface area (Å²) in [6.07, 6.45) is 3.54. The molecule has 128 valence electrons. The van der Waals surface area contributed by atoms with Crippen LogP contribution in [0.4, 0.5) is 0 Å². The number of ketones is 1. The van der Waals surface area contributed by atoms with Gasteiger partial charge in [0.05, 0.1) is 18.6 Å². The summed E-state index contributed by atoms with van der Waals surface area (Å²) in [4.78, 5) is 30.2. The standard InChI is InChI=1S/C19H24N2O3/c1-3-24-19(23)14-7-6-10-21(12-14)13(2)18(22)16-11-20-17-9-5-4-8-15(16)17/h4-5,8-9,11,13-14,20H,3,6-7,10,12H2,1-2H3. The number of Topliss-reactive ketones (excluding diaryl/α,β-unsaturated/α-hetero) is 1. The van der Waals surface area contributed by atoms with Crippen molar-refractivity contribution in [2.45, 2.75) is 32.7 Å². The second kappa shape index (κ2) is 7.18. The summed E-state index contributed by atoms with van der Waals surface area (Å²) in [5, 5.41) is 0.952. The summed E-state index contributed by atoms with van der Waals surface area (Å²) in [6.45, 7) is 5.58. The van der Waals surface area contributed by atoms with E-state index in [4.69, 9.17) is 4.74 Å². The van der Waals surface area contributed by atoms with Crippen LogP contribution in [0.1, 0.15) is 37.0 Å². The molecule has 1 aromatic carbocycles. The van der Waals surface area contributed by atoms with Crippen LogP contribution in [0.15, 0.2) is 30.5 Å². The summed E-state index contributed by atoms with van der Waals surface area (Å²) in [5.74, 6) is -0.178. The minimum Gasteiger partial charge on any atom is -0.466 e. The predicted octanol–water partition coefficient (Wildman–Crippen LogP) is 3.01. The number of nitrogens with one attached hydrogen (secondary N) is 1. The zero-order valence-electron chi connectivity index (χ0n) is 14.2. The molecule has 3 rings (SSSR count).